The number of ether oxygens (including phenoxy) is 1. The van der Waals surface area contributed by atoms with Gasteiger partial charge in [-0.05, 0) is 32.2 Å². The number of rotatable bonds is 4. The van der Waals surface area contributed by atoms with Gasteiger partial charge in [-0.1, -0.05) is 6.92 Å². The molecular weight excluding hydrogens is 294 g/mol. The summed E-state index contributed by atoms with van der Waals surface area (Å²) in [5.74, 6) is 0.209. The third-order valence-corrected chi connectivity index (χ3v) is 3.14. The minimum Gasteiger partial charge on any atom is -0.479 e. The summed E-state index contributed by atoms with van der Waals surface area (Å²) in [6.07, 6.45) is -0.501. The van der Waals surface area contributed by atoms with E-state index in [0.717, 1.165) is 0 Å². The van der Waals surface area contributed by atoms with Gasteiger partial charge in [0.1, 0.15) is 5.75 Å². The van der Waals surface area contributed by atoms with Gasteiger partial charge in [-0.3, -0.25) is 9.59 Å². The van der Waals surface area contributed by atoms with Crippen LogP contribution in [-0.4, -0.2) is 31.5 Å². The highest BCUT2D eigenvalue weighted by Gasteiger charge is 2.23. The number of carbonyl (C=O) groups is 2. The van der Waals surface area contributed by atoms with Crippen molar-refractivity contribution in [2.45, 2.75) is 20.0 Å². The molecule has 1 heterocycles. The highest BCUT2D eigenvalue weighted by Crippen LogP contribution is 2.32. The lowest BCUT2D eigenvalue weighted by Gasteiger charge is -2.23. The normalized spacial score (nSPS) is 17.7. The van der Waals surface area contributed by atoms with E-state index in [1.807, 2.05) is 6.92 Å². The van der Waals surface area contributed by atoms with Crippen molar-refractivity contribution in [3.8, 4) is 5.75 Å². The van der Waals surface area contributed by atoms with Crippen LogP contribution >= 0.6 is 12.4 Å². The quantitative estimate of drug-likeness (QED) is 0.789. The molecule has 2 amide bonds. The number of benzene rings is 1. The number of hydrogen-bond donors (Lipinski definition) is 3. The minimum absolute atomic E-state index is 0. The number of anilines is 2. The van der Waals surface area contributed by atoms with E-state index in [9.17, 15) is 9.59 Å². The van der Waals surface area contributed by atoms with Crippen LogP contribution in [-0.2, 0) is 9.59 Å². The fourth-order valence-corrected chi connectivity index (χ4v) is 1.95. The molecule has 0 radical (unpaired) electrons. The van der Waals surface area contributed by atoms with Crippen LogP contribution in [0.1, 0.15) is 13.8 Å². The van der Waals surface area contributed by atoms with Crippen molar-refractivity contribution < 1.29 is 14.3 Å². The number of nitrogens with one attached hydrogen (secondary N) is 3. The molecule has 0 saturated heterocycles. The average Bonchev–Trinajstić information content (AvgIpc) is 2.40. The molecule has 1 aromatic carbocycles. The molecule has 3 N–H and O–H groups in total. The second-order valence-corrected chi connectivity index (χ2v) is 4.91. The highest BCUT2D eigenvalue weighted by atomic mass is 35.5. The molecule has 6 nitrogen and oxygen atoms in total. The van der Waals surface area contributed by atoms with Crippen molar-refractivity contribution in [3.63, 3.8) is 0 Å². The Kier molecular flexibility index (Phi) is 5.99. The van der Waals surface area contributed by atoms with Crippen molar-refractivity contribution >= 4 is 35.6 Å². The highest BCUT2D eigenvalue weighted by molar-refractivity contribution is 5.99. The van der Waals surface area contributed by atoms with E-state index >= 15 is 0 Å². The first-order valence-corrected chi connectivity index (χ1v) is 6.58. The number of halogens is 1. The molecule has 2 rings (SSSR count). The van der Waals surface area contributed by atoms with Crippen LogP contribution in [0.25, 0.3) is 0 Å². The predicted molar refractivity (Wildman–Crippen MR) is 84.1 cm³/mol. The van der Waals surface area contributed by atoms with Gasteiger partial charge >= 0.3 is 0 Å². The number of fused-ring (bicyclic) bond motifs is 1. The minimum atomic E-state index is -0.501. The molecule has 1 aliphatic rings. The van der Waals surface area contributed by atoms with Crippen LogP contribution in [0.2, 0.25) is 0 Å². The van der Waals surface area contributed by atoms with Gasteiger partial charge in [0, 0.05) is 18.2 Å². The summed E-state index contributed by atoms with van der Waals surface area (Å²) in [5, 5.41) is 8.52. The maximum absolute atomic E-state index is 11.9. The summed E-state index contributed by atoms with van der Waals surface area (Å²) in [5.41, 5.74) is 1.21. The smallest absolute Gasteiger partial charge is 0.265 e. The molecule has 2 unspecified atom stereocenters. The zero-order chi connectivity index (χ0) is 14.7. The Morgan fingerprint density at radius 1 is 1.48 bits per heavy atom. The van der Waals surface area contributed by atoms with Crippen molar-refractivity contribution in [2.24, 2.45) is 5.92 Å². The van der Waals surface area contributed by atoms with Gasteiger partial charge in [0.25, 0.3) is 5.91 Å². The molecule has 0 bridgehead atoms. The second kappa shape index (κ2) is 7.28. The SMILES string of the molecule is CNCC(C)C(=O)Nc1ccc2c(c1)NC(=O)C(C)O2.Cl. The van der Waals surface area contributed by atoms with Crippen molar-refractivity contribution in [2.75, 3.05) is 24.2 Å². The van der Waals surface area contributed by atoms with Gasteiger partial charge in [0.15, 0.2) is 6.10 Å². The second-order valence-electron chi connectivity index (χ2n) is 4.91. The lowest BCUT2D eigenvalue weighted by Crippen LogP contribution is -2.34. The van der Waals surface area contributed by atoms with E-state index in [-0.39, 0.29) is 30.1 Å². The van der Waals surface area contributed by atoms with Crippen LogP contribution < -0.4 is 20.7 Å². The Labute approximate surface area is 130 Å². The third kappa shape index (κ3) is 4.09. The topological polar surface area (TPSA) is 79.5 Å². The largest absolute Gasteiger partial charge is 0.479 e. The first-order chi connectivity index (χ1) is 9.51. The van der Waals surface area contributed by atoms with Gasteiger partial charge in [0.2, 0.25) is 5.91 Å². The summed E-state index contributed by atoms with van der Waals surface area (Å²) >= 11 is 0. The molecule has 0 aliphatic carbocycles. The fourth-order valence-electron chi connectivity index (χ4n) is 1.95. The zero-order valence-corrected chi connectivity index (χ0v) is 13.0. The number of hydrogen-bond acceptors (Lipinski definition) is 4. The third-order valence-electron chi connectivity index (χ3n) is 3.14. The first kappa shape index (κ1) is 17.3. The molecule has 0 aromatic heterocycles. The van der Waals surface area contributed by atoms with Crippen LogP contribution in [0.4, 0.5) is 11.4 Å². The van der Waals surface area contributed by atoms with Crippen molar-refractivity contribution in [1.29, 1.82) is 0 Å². The van der Waals surface area contributed by atoms with Crippen LogP contribution in [0.5, 0.6) is 5.75 Å². The van der Waals surface area contributed by atoms with Gasteiger partial charge in [-0.2, -0.15) is 0 Å². The molecular formula is C14H20ClN3O3. The zero-order valence-electron chi connectivity index (χ0n) is 12.2. The lowest BCUT2D eigenvalue weighted by atomic mass is 10.1. The van der Waals surface area contributed by atoms with Gasteiger partial charge in [-0.15, -0.1) is 12.4 Å². The van der Waals surface area contributed by atoms with Crippen molar-refractivity contribution in [3.05, 3.63) is 18.2 Å². The molecule has 0 spiro atoms. The van der Waals surface area contributed by atoms with E-state index in [1.54, 1.807) is 32.2 Å². The van der Waals surface area contributed by atoms with Crippen molar-refractivity contribution in [1.82, 2.24) is 5.32 Å². The standard InChI is InChI=1S/C14H19N3O3.ClH/c1-8(7-15-3)13(18)16-10-4-5-12-11(6-10)17-14(19)9(2)20-12;/h4-6,8-9,15H,7H2,1-3H3,(H,16,18)(H,17,19);1H. The maximum atomic E-state index is 11.9. The average molecular weight is 314 g/mol. The molecule has 2 atom stereocenters. The van der Waals surface area contributed by atoms with Gasteiger partial charge in [0.05, 0.1) is 5.69 Å². The first-order valence-electron chi connectivity index (χ1n) is 6.58. The molecule has 7 heteroatoms. The summed E-state index contributed by atoms with van der Waals surface area (Å²) in [7, 11) is 1.80. The molecule has 1 aliphatic heterocycles. The van der Waals surface area contributed by atoms with E-state index < -0.39 is 6.10 Å². The Balaban J connectivity index is 0.00000220. The summed E-state index contributed by atoms with van der Waals surface area (Å²) in [6, 6.07) is 5.19. The Hall–Kier alpha value is -1.79. The number of carbonyl (C=O) groups excluding carboxylic acids is 2. The maximum Gasteiger partial charge on any atom is 0.265 e. The van der Waals surface area contributed by atoms with Gasteiger partial charge in [-0.25, -0.2) is 0 Å². The monoisotopic (exact) mass is 313 g/mol. The molecule has 0 fully saturated rings. The summed E-state index contributed by atoms with van der Waals surface area (Å²) in [4.78, 5) is 23.5. The lowest BCUT2D eigenvalue weighted by molar-refractivity contribution is -0.122. The molecule has 1 aromatic rings. The van der Waals surface area contributed by atoms with E-state index in [4.69, 9.17) is 4.74 Å². The molecule has 116 valence electrons. The Morgan fingerprint density at radius 3 is 2.86 bits per heavy atom. The van der Waals surface area contributed by atoms with E-state index in [1.165, 1.54) is 0 Å². The summed E-state index contributed by atoms with van der Waals surface area (Å²) < 4.78 is 5.46. The van der Waals surface area contributed by atoms with Crippen LogP contribution in [0, 0.1) is 5.92 Å². The Bertz CT molecular complexity index is 536. The fraction of sp³-hybridized carbons (Fsp3) is 0.429. The van der Waals surface area contributed by atoms with Gasteiger partial charge < -0.3 is 20.7 Å². The van der Waals surface area contributed by atoms with Crippen LogP contribution in [0.15, 0.2) is 18.2 Å². The molecule has 0 saturated carbocycles. The van der Waals surface area contributed by atoms with E-state index in [0.29, 0.717) is 23.7 Å². The Morgan fingerprint density at radius 2 is 2.19 bits per heavy atom. The van der Waals surface area contributed by atoms with Crippen LogP contribution in [0.3, 0.4) is 0 Å². The van der Waals surface area contributed by atoms with E-state index in [2.05, 4.69) is 16.0 Å². The number of amides is 2. The predicted octanol–water partition coefficient (Wildman–Crippen LogP) is 1.62. The molecule has 21 heavy (non-hydrogen) atoms. The summed E-state index contributed by atoms with van der Waals surface area (Å²) in [6.45, 7) is 4.14.